The van der Waals surface area contributed by atoms with Gasteiger partial charge in [-0.3, -0.25) is 14.5 Å². The van der Waals surface area contributed by atoms with E-state index in [0.29, 0.717) is 5.82 Å². The number of aromatic nitrogens is 2. The molecule has 1 saturated heterocycles. The zero-order valence-electron chi connectivity index (χ0n) is 18.9. The molecule has 10 heteroatoms. The van der Waals surface area contributed by atoms with Gasteiger partial charge < -0.3 is 25.2 Å². The van der Waals surface area contributed by atoms with Crippen LogP contribution in [0.3, 0.4) is 0 Å². The maximum atomic E-state index is 13.4. The second kappa shape index (κ2) is 7.53. The third-order valence-corrected chi connectivity index (χ3v) is 8.80. The molecule has 1 aromatic rings. The fourth-order valence-corrected chi connectivity index (χ4v) is 7.39. The molecule has 10 nitrogen and oxygen atoms in total. The summed E-state index contributed by atoms with van der Waals surface area (Å²) in [5, 5.41) is 16.3. The highest BCUT2D eigenvalue weighted by Gasteiger charge is 2.70. The van der Waals surface area contributed by atoms with E-state index in [0.717, 1.165) is 64.8 Å². The molecule has 5 saturated carbocycles. The van der Waals surface area contributed by atoms with Gasteiger partial charge in [0.25, 0.3) is 5.91 Å². The number of amides is 1. The Morgan fingerprint density at radius 1 is 1.18 bits per heavy atom. The predicted molar refractivity (Wildman–Crippen MR) is 117 cm³/mol. The Kier molecular flexibility index (Phi) is 4.81. The second-order valence-corrected chi connectivity index (χ2v) is 10.6. The van der Waals surface area contributed by atoms with Crippen LogP contribution in [0.25, 0.3) is 0 Å². The van der Waals surface area contributed by atoms with Crippen molar-refractivity contribution in [2.45, 2.75) is 55.6 Å². The molecule has 4 bridgehead atoms. The summed E-state index contributed by atoms with van der Waals surface area (Å²) < 4.78 is 10.9. The molecule has 33 heavy (non-hydrogen) atoms. The Bertz CT molecular complexity index is 960. The van der Waals surface area contributed by atoms with E-state index >= 15 is 0 Å². The molecular weight excluding hydrogens is 426 g/mol. The van der Waals surface area contributed by atoms with Gasteiger partial charge in [-0.25, -0.2) is 9.97 Å². The molecule has 7 rings (SSSR count). The number of hydrogen-bond acceptors (Lipinski definition) is 8. The van der Waals surface area contributed by atoms with Crippen molar-refractivity contribution >= 4 is 17.7 Å². The van der Waals surface area contributed by atoms with Crippen molar-refractivity contribution in [3.05, 3.63) is 11.9 Å². The fraction of sp³-hybridized carbons (Fsp3) is 0.739. The van der Waals surface area contributed by atoms with Gasteiger partial charge in [-0.1, -0.05) is 0 Å². The van der Waals surface area contributed by atoms with Crippen molar-refractivity contribution in [1.29, 1.82) is 0 Å². The lowest BCUT2D eigenvalue weighted by Crippen LogP contribution is -2.82. The standard InChI is InChI=1S/C23H31N5O5/c1-32-20-16(19(29)26-17-14-3-2-13(8-14)15(17)21(30)31)18(24-12-25-20)27-22-9-23(10-22,11-22)28-4-6-33-7-5-28/h12-15,17H,2-11H2,1H3,(H,26,29)(H,30,31)(H,24,25,27)/t13-,14+,15+,17-,22?,23?/m1/s1. The van der Waals surface area contributed by atoms with E-state index in [9.17, 15) is 14.7 Å². The van der Waals surface area contributed by atoms with Crippen LogP contribution in [0.4, 0.5) is 5.82 Å². The van der Waals surface area contributed by atoms with Gasteiger partial charge in [-0.15, -0.1) is 0 Å². The van der Waals surface area contributed by atoms with Gasteiger partial charge in [0.1, 0.15) is 17.7 Å². The van der Waals surface area contributed by atoms with Crippen LogP contribution in [0.5, 0.6) is 5.88 Å². The third-order valence-electron chi connectivity index (χ3n) is 8.80. The summed E-state index contributed by atoms with van der Waals surface area (Å²) in [5.41, 5.74) is 0.439. The first-order valence-electron chi connectivity index (χ1n) is 12.0. The molecule has 2 heterocycles. The molecular formula is C23H31N5O5. The summed E-state index contributed by atoms with van der Waals surface area (Å²) in [4.78, 5) is 36.4. The van der Waals surface area contributed by atoms with Crippen LogP contribution in [-0.2, 0) is 9.53 Å². The van der Waals surface area contributed by atoms with Crippen LogP contribution in [0.1, 0.15) is 48.9 Å². The lowest BCUT2D eigenvalue weighted by Gasteiger charge is -2.74. The topological polar surface area (TPSA) is 126 Å². The number of morpholine rings is 1. The average molecular weight is 458 g/mol. The van der Waals surface area contributed by atoms with Crippen molar-refractivity contribution < 1.29 is 24.2 Å². The number of nitrogens with one attached hydrogen (secondary N) is 2. The first-order chi connectivity index (χ1) is 15.9. The number of carbonyl (C=O) groups excluding carboxylic acids is 1. The highest BCUT2D eigenvalue weighted by atomic mass is 16.5. The molecule has 0 spiro atoms. The summed E-state index contributed by atoms with van der Waals surface area (Å²) in [6.45, 7) is 3.52. The maximum Gasteiger partial charge on any atom is 0.308 e. The Labute approximate surface area is 192 Å². The predicted octanol–water partition coefficient (Wildman–Crippen LogP) is 1.13. The van der Waals surface area contributed by atoms with Gasteiger partial charge in [0.05, 0.1) is 26.2 Å². The minimum absolute atomic E-state index is 0.0667. The minimum Gasteiger partial charge on any atom is -0.481 e. The monoisotopic (exact) mass is 457 g/mol. The SMILES string of the molecule is COc1ncnc(NC23CC(N4CCOCC4)(C2)C3)c1C(=O)N[C@@H]1[C@H]2CC[C@H](C2)[C@@H]1C(=O)O. The molecule has 5 aliphatic carbocycles. The maximum absolute atomic E-state index is 13.4. The van der Waals surface area contributed by atoms with Crippen LogP contribution in [0, 0.1) is 17.8 Å². The molecule has 3 N–H and O–H groups in total. The lowest BCUT2D eigenvalue weighted by molar-refractivity contribution is -0.172. The number of rotatable bonds is 7. The van der Waals surface area contributed by atoms with Gasteiger partial charge in [0, 0.05) is 30.2 Å². The van der Waals surface area contributed by atoms with Gasteiger partial charge in [-0.2, -0.15) is 0 Å². The number of carboxylic acid groups (broad SMARTS) is 1. The van der Waals surface area contributed by atoms with Crippen LogP contribution >= 0.6 is 0 Å². The van der Waals surface area contributed by atoms with E-state index in [4.69, 9.17) is 9.47 Å². The van der Waals surface area contributed by atoms with E-state index < -0.39 is 11.9 Å². The van der Waals surface area contributed by atoms with Gasteiger partial charge >= 0.3 is 5.97 Å². The first-order valence-corrected chi connectivity index (χ1v) is 12.0. The molecule has 178 valence electrons. The molecule has 0 unspecified atom stereocenters. The number of nitrogens with zero attached hydrogens (tertiary/aromatic N) is 3. The normalized spacial score (nSPS) is 38.8. The molecule has 6 aliphatic rings. The first kappa shape index (κ1) is 21.1. The van der Waals surface area contributed by atoms with Crippen molar-refractivity contribution in [2.75, 3.05) is 38.7 Å². The van der Waals surface area contributed by atoms with E-state index in [1.807, 2.05) is 0 Å². The van der Waals surface area contributed by atoms with Gasteiger partial charge in [-0.05, 0) is 50.4 Å². The van der Waals surface area contributed by atoms with E-state index in [2.05, 4.69) is 25.5 Å². The largest absolute Gasteiger partial charge is 0.481 e. The van der Waals surface area contributed by atoms with Crippen molar-refractivity contribution in [3.8, 4) is 5.88 Å². The number of carboxylic acids is 1. The summed E-state index contributed by atoms with van der Waals surface area (Å²) in [6.07, 6.45) is 7.19. The zero-order chi connectivity index (χ0) is 22.8. The Balaban J connectivity index is 1.19. The van der Waals surface area contributed by atoms with Gasteiger partial charge in [0.2, 0.25) is 5.88 Å². The number of anilines is 1. The van der Waals surface area contributed by atoms with E-state index in [-0.39, 0.29) is 46.3 Å². The number of aliphatic carboxylic acids is 1. The molecule has 1 amide bonds. The van der Waals surface area contributed by atoms with E-state index in [1.54, 1.807) is 0 Å². The molecule has 0 aromatic carbocycles. The van der Waals surface area contributed by atoms with Crippen LogP contribution in [0.2, 0.25) is 0 Å². The smallest absolute Gasteiger partial charge is 0.308 e. The number of ether oxygens (including phenoxy) is 2. The number of fused-ring (bicyclic) bond motifs is 2. The molecule has 1 aromatic heterocycles. The molecule has 4 atom stereocenters. The minimum atomic E-state index is -0.829. The molecule has 0 radical (unpaired) electrons. The molecule has 6 fully saturated rings. The average Bonchev–Trinajstić information content (AvgIpc) is 3.37. The molecule has 1 aliphatic heterocycles. The van der Waals surface area contributed by atoms with Crippen LogP contribution in [0.15, 0.2) is 6.33 Å². The highest BCUT2D eigenvalue weighted by Crippen LogP contribution is 2.65. The third kappa shape index (κ3) is 3.21. The van der Waals surface area contributed by atoms with Crippen molar-refractivity contribution in [2.24, 2.45) is 17.8 Å². The summed E-state index contributed by atoms with van der Waals surface area (Å²) >= 11 is 0. The number of hydrogen-bond donors (Lipinski definition) is 3. The fourth-order valence-electron chi connectivity index (χ4n) is 7.39. The second-order valence-electron chi connectivity index (χ2n) is 10.6. The Morgan fingerprint density at radius 3 is 2.61 bits per heavy atom. The zero-order valence-corrected chi connectivity index (χ0v) is 18.9. The van der Waals surface area contributed by atoms with Crippen LogP contribution in [-0.4, -0.2) is 82.4 Å². The van der Waals surface area contributed by atoms with Crippen molar-refractivity contribution in [3.63, 3.8) is 0 Å². The van der Waals surface area contributed by atoms with E-state index in [1.165, 1.54) is 13.4 Å². The Morgan fingerprint density at radius 2 is 1.91 bits per heavy atom. The number of methoxy groups -OCH3 is 1. The highest BCUT2D eigenvalue weighted by molar-refractivity contribution is 6.01. The summed E-state index contributed by atoms with van der Waals surface area (Å²) in [5.74, 6) is -0.720. The lowest BCUT2D eigenvalue weighted by atomic mass is 9.43. The quantitative estimate of drug-likeness (QED) is 0.552. The van der Waals surface area contributed by atoms with Gasteiger partial charge in [0.15, 0.2) is 0 Å². The number of carbonyl (C=O) groups is 2. The van der Waals surface area contributed by atoms with Crippen molar-refractivity contribution in [1.82, 2.24) is 20.2 Å². The van der Waals surface area contributed by atoms with Crippen LogP contribution < -0.4 is 15.4 Å². The summed E-state index contributed by atoms with van der Waals surface area (Å²) in [6, 6.07) is -0.369. The Hall–Kier alpha value is -2.46. The summed E-state index contributed by atoms with van der Waals surface area (Å²) in [7, 11) is 1.48.